The van der Waals surface area contributed by atoms with Crippen LogP contribution in [0.3, 0.4) is 0 Å². The van der Waals surface area contributed by atoms with Crippen molar-refractivity contribution in [2.45, 2.75) is 32.5 Å². The lowest BCUT2D eigenvalue weighted by molar-refractivity contribution is 0.0881. The standard InChI is InChI=1S/C22H27NO3/c1-4-8-17-11-16(12-21(25-3)22(17)26-5-2)13-23-14-18-9-6-7-10-19(18)20(24)15-23/h4,6-7,9-12,20,24H,1,5,8,13-15H2,2-3H3. The van der Waals surface area contributed by atoms with Crippen molar-refractivity contribution in [2.24, 2.45) is 0 Å². The fraction of sp³-hybridized carbons (Fsp3) is 0.364. The Morgan fingerprint density at radius 3 is 2.85 bits per heavy atom. The van der Waals surface area contributed by atoms with E-state index in [1.807, 2.05) is 37.3 Å². The van der Waals surface area contributed by atoms with Crippen molar-refractivity contribution in [3.05, 3.63) is 71.3 Å². The molecular weight excluding hydrogens is 326 g/mol. The van der Waals surface area contributed by atoms with Gasteiger partial charge in [0.2, 0.25) is 0 Å². The first-order chi connectivity index (χ1) is 12.7. The molecule has 4 heteroatoms. The Kier molecular flexibility index (Phi) is 5.96. The van der Waals surface area contributed by atoms with Crippen LogP contribution in [-0.2, 0) is 19.5 Å². The van der Waals surface area contributed by atoms with E-state index in [1.54, 1.807) is 7.11 Å². The van der Waals surface area contributed by atoms with Gasteiger partial charge in [-0.1, -0.05) is 36.4 Å². The van der Waals surface area contributed by atoms with Crippen molar-refractivity contribution in [2.75, 3.05) is 20.3 Å². The van der Waals surface area contributed by atoms with Gasteiger partial charge in [0.15, 0.2) is 11.5 Å². The van der Waals surface area contributed by atoms with Crippen LogP contribution in [0.2, 0.25) is 0 Å². The molecule has 0 aliphatic carbocycles. The zero-order chi connectivity index (χ0) is 18.5. The van der Waals surface area contributed by atoms with Crippen molar-refractivity contribution in [1.29, 1.82) is 0 Å². The zero-order valence-corrected chi connectivity index (χ0v) is 15.6. The Labute approximate surface area is 155 Å². The van der Waals surface area contributed by atoms with Crippen molar-refractivity contribution in [3.63, 3.8) is 0 Å². The summed E-state index contributed by atoms with van der Waals surface area (Å²) in [6.45, 7) is 8.62. The van der Waals surface area contributed by atoms with Gasteiger partial charge in [-0.05, 0) is 36.1 Å². The molecule has 0 fully saturated rings. The smallest absolute Gasteiger partial charge is 0.164 e. The van der Waals surface area contributed by atoms with Gasteiger partial charge in [-0.3, -0.25) is 4.90 Å². The molecule has 4 nitrogen and oxygen atoms in total. The lowest BCUT2D eigenvalue weighted by atomic mass is 9.96. The highest BCUT2D eigenvalue weighted by atomic mass is 16.5. The number of hydrogen-bond donors (Lipinski definition) is 1. The van der Waals surface area contributed by atoms with E-state index in [0.29, 0.717) is 13.2 Å². The first-order valence-corrected chi connectivity index (χ1v) is 9.08. The number of β-amino-alcohol motifs (C(OH)–C–C–N with tert-alkyl or cyclic N) is 1. The molecule has 1 aliphatic heterocycles. The SMILES string of the molecule is C=CCc1cc(CN2Cc3ccccc3C(O)C2)cc(OC)c1OCC. The van der Waals surface area contributed by atoms with Crippen molar-refractivity contribution >= 4 is 0 Å². The Bertz CT molecular complexity index is 772. The van der Waals surface area contributed by atoms with E-state index in [0.717, 1.165) is 47.7 Å². The highest BCUT2D eigenvalue weighted by Gasteiger charge is 2.24. The van der Waals surface area contributed by atoms with Crippen LogP contribution in [-0.4, -0.2) is 30.3 Å². The monoisotopic (exact) mass is 353 g/mol. The van der Waals surface area contributed by atoms with Crippen LogP contribution >= 0.6 is 0 Å². The first kappa shape index (κ1) is 18.5. The number of methoxy groups -OCH3 is 1. The largest absolute Gasteiger partial charge is 0.493 e. The maximum Gasteiger partial charge on any atom is 0.164 e. The average Bonchev–Trinajstić information content (AvgIpc) is 2.64. The lowest BCUT2D eigenvalue weighted by Crippen LogP contribution is -2.33. The summed E-state index contributed by atoms with van der Waals surface area (Å²) in [5.74, 6) is 1.54. The van der Waals surface area contributed by atoms with Gasteiger partial charge in [0.1, 0.15) is 0 Å². The molecule has 1 aliphatic rings. The van der Waals surface area contributed by atoms with Crippen molar-refractivity contribution in [1.82, 2.24) is 4.90 Å². The number of aliphatic hydroxyl groups excluding tert-OH is 1. The van der Waals surface area contributed by atoms with Crippen LogP contribution in [0.4, 0.5) is 0 Å². The highest BCUT2D eigenvalue weighted by molar-refractivity contribution is 5.50. The van der Waals surface area contributed by atoms with E-state index >= 15 is 0 Å². The fourth-order valence-electron chi connectivity index (χ4n) is 3.61. The van der Waals surface area contributed by atoms with Gasteiger partial charge in [-0.15, -0.1) is 6.58 Å². The number of ether oxygens (including phenoxy) is 2. The van der Waals surface area contributed by atoms with E-state index in [-0.39, 0.29) is 0 Å². The van der Waals surface area contributed by atoms with Crippen LogP contribution in [0.25, 0.3) is 0 Å². The molecule has 1 N–H and O–H groups in total. The van der Waals surface area contributed by atoms with Crippen LogP contribution in [0.1, 0.15) is 35.3 Å². The Hall–Kier alpha value is -2.30. The number of allylic oxidation sites excluding steroid dienone is 1. The molecule has 0 bridgehead atoms. The Balaban J connectivity index is 1.86. The summed E-state index contributed by atoms with van der Waals surface area (Å²) in [4.78, 5) is 2.26. The first-order valence-electron chi connectivity index (χ1n) is 9.08. The van der Waals surface area contributed by atoms with E-state index in [4.69, 9.17) is 9.47 Å². The summed E-state index contributed by atoms with van der Waals surface area (Å²) in [6, 6.07) is 12.3. The van der Waals surface area contributed by atoms with Gasteiger partial charge in [0.25, 0.3) is 0 Å². The predicted molar refractivity (Wildman–Crippen MR) is 104 cm³/mol. The minimum Gasteiger partial charge on any atom is -0.493 e. The van der Waals surface area contributed by atoms with Crippen LogP contribution in [0.15, 0.2) is 49.1 Å². The molecule has 2 aromatic carbocycles. The predicted octanol–water partition coefficient (Wildman–Crippen LogP) is 3.87. The number of nitrogens with zero attached hydrogens (tertiary/aromatic N) is 1. The second-order valence-electron chi connectivity index (χ2n) is 6.60. The highest BCUT2D eigenvalue weighted by Crippen LogP contribution is 2.35. The molecule has 138 valence electrons. The molecule has 0 radical (unpaired) electrons. The third kappa shape index (κ3) is 3.92. The minimum atomic E-state index is -0.447. The van der Waals surface area contributed by atoms with Crippen LogP contribution in [0.5, 0.6) is 11.5 Å². The van der Waals surface area contributed by atoms with Crippen molar-refractivity contribution < 1.29 is 14.6 Å². The number of rotatable bonds is 7. The maximum absolute atomic E-state index is 10.5. The summed E-state index contributed by atoms with van der Waals surface area (Å²) in [6.07, 6.45) is 2.16. The molecular formula is C22H27NO3. The summed E-state index contributed by atoms with van der Waals surface area (Å²) in [7, 11) is 1.67. The minimum absolute atomic E-state index is 0.447. The van der Waals surface area contributed by atoms with Gasteiger partial charge in [-0.25, -0.2) is 0 Å². The zero-order valence-electron chi connectivity index (χ0n) is 15.6. The normalized spacial score (nSPS) is 16.8. The number of fused-ring (bicyclic) bond motifs is 1. The summed E-state index contributed by atoms with van der Waals surface area (Å²) in [5.41, 5.74) is 4.46. The molecule has 0 aromatic heterocycles. The summed E-state index contributed by atoms with van der Waals surface area (Å²) >= 11 is 0. The van der Waals surface area contributed by atoms with Gasteiger partial charge >= 0.3 is 0 Å². The topological polar surface area (TPSA) is 41.9 Å². The second kappa shape index (κ2) is 8.39. The van der Waals surface area contributed by atoms with Crippen LogP contribution in [0, 0.1) is 0 Å². The second-order valence-corrected chi connectivity index (χ2v) is 6.60. The van der Waals surface area contributed by atoms with Gasteiger partial charge < -0.3 is 14.6 Å². The van der Waals surface area contributed by atoms with E-state index in [2.05, 4.69) is 23.6 Å². The molecule has 0 amide bonds. The molecule has 2 aromatic rings. The number of aliphatic hydroxyl groups is 1. The molecule has 0 spiro atoms. The third-order valence-corrected chi connectivity index (χ3v) is 4.71. The summed E-state index contributed by atoms with van der Waals surface area (Å²) < 4.78 is 11.4. The molecule has 0 saturated heterocycles. The van der Waals surface area contributed by atoms with Crippen LogP contribution < -0.4 is 9.47 Å². The van der Waals surface area contributed by atoms with Crippen molar-refractivity contribution in [3.8, 4) is 11.5 Å². The van der Waals surface area contributed by atoms with E-state index < -0.39 is 6.10 Å². The molecule has 0 saturated carbocycles. The van der Waals surface area contributed by atoms with Gasteiger partial charge in [0, 0.05) is 25.2 Å². The molecule has 1 heterocycles. The van der Waals surface area contributed by atoms with Gasteiger partial charge in [0.05, 0.1) is 19.8 Å². The Morgan fingerprint density at radius 2 is 2.12 bits per heavy atom. The molecule has 3 rings (SSSR count). The third-order valence-electron chi connectivity index (χ3n) is 4.71. The quantitative estimate of drug-likeness (QED) is 0.767. The van der Waals surface area contributed by atoms with E-state index in [1.165, 1.54) is 5.56 Å². The number of benzene rings is 2. The maximum atomic E-state index is 10.5. The lowest BCUT2D eigenvalue weighted by Gasteiger charge is -2.32. The summed E-state index contributed by atoms with van der Waals surface area (Å²) in [5, 5.41) is 10.5. The molecule has 1 atom stereocenters. The Morgan fingerprint density at radius 1 is 1.31 bits per heavy atom. The average molecular weight is 353 g/mol. The molecule has 26 heavy (non-hydrogen) atoms. The fourth-order valence-corrected chi connectivity index (χ4v) is 3.61. The van der Waals surface area contributed by atoms with Gasteiger partial charge in [-0.2, -0.15) is 0 Å². The van der Waals surface area contributed by atoms with E-state index in [9.17, 15) is 5.11 Å². The number of hydrogen-bond acceptors (Lipinski definition) is 4. The molecule has 1 unspecified atom stereocenters.